The third kappa shape index (κ3) is 5.47. The molecule has 0 heterocycles. The Morgan fingerprint density at radius 2 is 1.90 bits per heavy atom. The standard InChI is InChI=1S/C15H27N3O3/c1-14(2,9-19)11(16)7-12(20)18-13(21)15(3,4)17-8-10-5-6-10/h7,10,16-17,19-20H,5-6,8-9H2,1-4H3,(H,18,21)/b12-7-,16-11?. The van der Waals surface area contributed by atoms with Gasteiger partial charge in [-0.05, 0) is 39.2 Å². The molecule has 0 bridgehead atoms. The predicted octanol–water partition coefficient (Wildman–Crippen LogP) is 1.32. The second kappa shape index (κ2) is 6.58. The Morgan fingerprint density at radius 1 is 1.33 bits per heavy atom. The van der Waals surface area contributed by atoms with Gasteiger partial charge in [-0.1, -0.05) is 13.8 Å². The fourth-order valence-corrected chi connectivity index (χ4v) is 1.53. The van der Waals surface area contributed by atoms with Crippen LogP contribution in [0.5, 0.6) is 0 Å². The zero-order valence-corrected chi connectivity index (χ0v) is 13.3. The van der Waals surface area contributed by atoms with Crippen LogP contribution in [0.2, 0.25) is 0 Å². The minimum Gasteiger partial charge on any atom is -0.494 e. The number of carbonyl (C=O) groups excluding carboxylic acids is 1. The molecule has 6 heteroatoms. The highest BCUT2D eigenvalue weighted by atomic mass is 16.3. The largest absolute Gasteiger partial charge is 0.494 e. The maximum absolute atomic E-state index is 12.1. The number of carbonyl (C=O) groups is 1. The van der Waals surface area contributed by atoms with Gasteiger partial charge in [0.1, 0.15) is 0 Å². The Bertz CT molecular complexity index is 437. The van der Waals surface area contributed by atoms with Gasteiger partial charge in [-0.3, -0.25) is 10.1 Å². The Labute approximate surface area is 126 Å². The number of hydrogen-bond acceptors (Lipinski definition) is 5. The summed E-state index contributed by atoms with van der Waals surface area (Å²) in [4.78, 5) is 12.1. The van der Waals surface area contributed by atoms with Crippen LogP contribution in [0.15, 0.2) is 12.0 Å². The Hall–Kier alpha value is -1.40. The monoisotopic (exact) mass is 297 g/mol. The van der Waals surface area contributed by atoms with Gasteiger partial charge in [-0.25, -0.2) is 0 Å². The molecule has 0 saturated heterocycles. The molecule has 1 saturated carbocycles. The van der Waals surface area contributed by atoms with E-state index in [0.29, 0.717) is 5.92 Å². The van der Waals surface area contributed by atoms with Crippen LogP contribution in [0.4, 0.5) is 0 Å². The minimum absolute atomic E-state index is 0.0477. The number of rotatable bonds is 8. The molecular formula is C15H27N3O3. The topological polar surface area (TPSA) is 105 Å². The van der Waals surface area contributed by atoms with Gasteiger partial charge in [0.2, 0.25) is 5.91 Å². The number of nitrogens with one attached hydrogen (secondary N) is 3. The summed E-state index contributed by atoms with van der Waals surface area (Å²) in [5.74, 6) is -0.0842. The molecule has 1 amide bonds. The fourth-order valence-electron chi connectivity index (χ4n) is 1.53. The maximum atomic E-state index is 12.1. The van der Waals surface area contributed by atoms with Crippen LogP contribution in [0.25, 0.3) is 0 Å². The molecule has 0 atom stereocenters. The van der Waals surface area contributed by atoms with Crippen LogP contribution >= 0.6 is 0 Å². The SMILES string of the molecule is CC(C)(CO)C(=N)/C=C(\O)NC(=O)C(C)(C)NCC1CC1. The van der Waals surface area contributed by atoms with Gasteiger partial charge >= 0.3 is 0 Å². The van der Waals surface area contributed by atoms with Crippen molar-refractivity contribution in [1.82, 2.24) is 10.6 Å². The van der Waals surface area contributed by atoms with E-state index in [1.807, 2.05) is 0 Å². The van der Waals surface area contributed by atoms with Crippen molar-refractivity contribution in [3.05, 3.63) is 12.0 Å². The normalized spacial score (nSPS) is 16.7. The second-order valence-electron chi connectivity index (χ2n) is 6.89. The summed E-state index contributed by atoms with van der Waals surface area (Å²) in [5.41, 5.74) is -1.51. The van der Waals surface area contributed by atoms with Gasteiger partial charge in [0, 0.05) is 17.2 Å². The van der Waals surface area contributed by atoms with Crippen molar-refractivity contribution in [2.24, 2.45) is 11.3 Å². The lowest BCUT2D eigenvalue weighted by molar-refractivity contribution is -0.126. The van der Waals surface area contributed by atoms with E-state index in [-0.39, 0.29) is 24.1 Å². The third-order valence-corrected chi connectivity index (χ3v) is 3.74. The second-order valence-corrected chi connectivity index (χ2v) is 6.89. The van der Waals surface area contributed by atoms with Crippen LogP contribution < -0.4 is 10.6 Å². The van der Waals surface area contributed by atoms with Crippen LogP contribution in [-0.4, -0.2) is 40.5 Å². The van der Waals surface area contributed by atoms with E-state index in [2.05, 4.69) is 10.6 Å². The first kappa shape index (κ1) is 17.7. The molecule has 0 aliphatic heterocycles. The van der Waals surface area contributed by atoms with E-state index < -0.39 is 11.0 Å². The molecule has 6 nitrogen and oxygen atoms in total. The Balaban J connectivity index is 2.57. The predicted molar refractivity (Wildman–Crippen MR) is 82.3 cm³/mol. The molecule has 1 aliphatic rings. The van der Waals surface area contributed by atoms with Gasteiger partial charge in [0.15, 0.2) is 5.88 Å². The minimum atomic E-state index is -0.793. The van der Waals surface area contributed by atoms with E-state index in [0.717, 1.165) is 12.6 Å². The third-order valence-electron chi connectivity index (χ3n) is 3.74. The lowest BCUT2D eigenvalue weighted by Gasteiger charge is -2.25. The van der Waals surface area contributed by atoms with Gasteiger partial charge < -0.3 is 20.9 Å². The smallest absolute Gasteiger partial charge is 0.246 e. The van der Waals surface area contributed by atoms with E-state index >= 15 is 0 Å². The molecule has 0 aromatic heterocycles. The average Bonchev–Trinajstić information content (AvgIpc) is 3.20. The van der Waals surface area contributed by atoms with Crippen molar-refractivity contribution in [3.8, 4) is 0 Å². The summed E-state index contributed by atoms with van der Waals surface area (Å²) in [6.45, 7) is 7.45. The van der Waals surface area contributed by atoms with Crippen LogP contribution in [0, 0.1) is 16.7 Å². The summed E-state index contributed by atoms with van der Waals surface area (Å²) in [6.07, 6.45) is 3.55. The molecule has 1 fully saturated rings. The molecule has 120 valence electrons. The van der Waals surface area contributed by atoms with Gasteiger partial charge in [0.25, 0.3) is 0 Å². The summed E-state index contributed by atoms with van der Waals surface area (Å²) in [5, 5.41) is 32.3. The quantitative estimate of drug-likeness (QED) is 0.344. The van der Waals surface area contributed by atoms with Crippen molar-refractivity contribution in [2.75, 3.05) is 13.2 Å². The molecule has 0 aromatic rings. The first-order chi connectivity index (χ1) is 9.58. The van der Waals surface area contributed by atoms with Crippen LogP contribution in [0.3, 0.4) is 0 Å². The molecule has 0 aromatic carbocycles. The van der Waals surface area contributed by atoms with Crippen LogP contribution in [-0.2, 0) is 4.79 Å². The number of allylic oxidation sites excluding steroid dienone is 1. The highest BCUT2D eigenvalue weighted by Gasteiger charge is 2.31. The zero-order chi connectivity index (χ0) is 16.3. The number of amides is 1. The zero-order valence-electron chi connectivity index (χ0n) is 13.3. The van der Waals surface area contributed by atoms with Gasteiger partial charge in [-0.15, -0.1) is 0 Å². The first-order valence-corrected chi connectivity index (χ1v) is 7.25. The van der Waals surface area contributed by atoms with Crippen molar-refractivity contribution >= 4 is 11.6 Å². The maximum Gasteiger partial charge on any atom is 0.246 e. The first-order valence-electron chi connectivity index (χ1n) is 7.25. The van der Waals surface area contributed by atoms with Crippen molar-refractivity contribution < 1.29 is 15.0 Å². The number of aliphatic hydroxyl groups excluding tert-OH is 2. The molecular weight excluding hydrogens is 270 g/mol. The molecule has 0 spiro atoms. The number of aliphatic hydroxyl groups is 2. The summed E-state index contributed by atoms with van der Waals surface area (Å²) >= 11 is 0. The van der Waals surface area contributed by atoms with Crippen molar-refractivity contribution in [1.29, 1.82) is 5.41 Å². The summed E-state index contributed by atoms with van der Waals surface area (Å²) in [7, 11) is 0. The van der Waals surface area contributed by atoms with Gasteiger partial charge in [0.05, 0.1) is 12.1 Å². The Kier molecular flexibility index (Phi) is 5.53. The molecule has 0 unspecified atom stereocenters. The number of hydrogen-bond donors (Lipinski definition) is 5. The van der Waals surface area contributed by atoms with Crippen LogP contribution in [0.1, 0.15) is 40.5 Å². The molecule has 0 radical (unpaired) electrons. The average molecular weight is 297 g/mol. The molecule has 1 rings (SSSR count). The lowest BCUT2D eigenvalue weighted by Crippen LogP contribution is -2.53. The fraction of sp³-hybridized carbons (Fsp3) is 0.733. The van der Waals surface area contributed by atoms with E-state index in [9.17, 15) is 9.90 Å². The van der Waals surface area contributed by atoms with E-state index in [4.69, 9.17) is 10.5 Å². The summed E-state index contributed by atoms with van der Waals surface area (Å²) in [6, 6.07) is 0. The highest BCUT2D eigenvalue weighted by Crippen LogP contribution is 2.28. The molecule has 1 aliphatic carbocycles. The molecule has 5 N–H and O–H groups in total. The highest BCUT2D eigenvalue weighted by molar-refractivity contribution is 5.97. The van der Waals surface area contributed by atoms with Gasteiger partial charge in [-0.2, -0.15) is 0 Å². The van der Waals surface area contributed by atoms with Crippen molar-refractivity contribution in [2.45, 2.75) is 46.1 Å². The van der Waals surface area contributed by atoms with Crippen molar-refractivity contribution in [3.63, 3.8) is 0 Å². The lowest BCUT2D eigenvalue weighted by atomic mass is 9.88. The van der Waals surface area contributed by atoms with E-state index in [1.54, 1.807) is 27.7 Å². The Morgan fingerprint density at radius 3 is 2.38 bits per heavy atom. The summed E-state index contributed by atoms with van der Waals surface area (Å²) < 4.78 is 0. The van der Waals surface area contributed by atoms with E-state index in [1.165, 1.54) is 12.8 Å². The molecule has 21 heavy (non-hydrogen) atoms.